The van der Waals surface area contributed by atoms with Crippen LogP contribution in [0.1, 0.15) is 52.8 Å². The zero-order valence-electron chi connectivity index (χ0n) is 22.2. The van der Waals surface area contributed by atoms with Gasteiger partial charge in [-0.15, -0.1) is 0 Å². The van der Waals surface area contributed by atoms with Gasteiger partial charge >= 0.3 is 12.1 Å². The van der Waals surface area contributed by atoms with Gasteiger partial charge in [0.15, 0.2) is 0 Å². The monoisotopic (exact) mass is 584 g/mol. The number of nitrogens with zero attached hydrogens (tertiary/aromatic N) is 2. The number of imide groups is 2. The highest BCUT2D eigenvalue weighted by molar-refractivity contribution is 6.23. The van der Waals surface area contributed by atoms with E-state index in [4.69, 9.17) is 19.4 Å². The van der Waals surface area contributed by atoms with E-state index in [2.05, 4.69) is 22.6 Å². The van der Waals surface area contributed by atoms with Crippen LogP contribution in [0.25, 0.3) is 0 Å². The highest BCUT2D eigenvalue weighted by atomic mass is 19.4. The van der Waals surface area contributed by atoms with Gasteiger partial charge in [0.1, 0.15) is 18.4 Å². The Morgan fingerprint density at radius 1 is 1.05 bits per heavy atom. The van der Waals surface area contributed by atoms with Gasteiger partial charge in [0, 0.05) is 19.0 Å². The Labute approximate surface area is 233 Å². The first-order valence-electron chi connectivity index (χ1n) is 13.2. The molecular weight excluding hydrogens is 553 g/mol. The van der Waals surface area contributed by atoms with Crippen molar-refractivity contribution in [2.24, 2.45) is 0 Å². The van der Waals surface area contributed by atoms with Crippen molar-refractivity contribution in [3.63, 3.8) is 0 Å². The van der Waals surface area contributed by atoms with Gasteiger partial charge in [-0.2, -0.15) is 13.2 Å². The SMILES string of the molecule is CN1C[C@H](OC2CCNCC2)C[C@H]1COc1ccc2c(c1)C(=O)N(C1CCC(=O)NC1=O)C2=O.O=C(O)C(F)(F)F. The number of hydrogen-bond donors (Lipinski definition) is 3. The molecule has 41 heavy (non-hydrogen) atoms. The number of fused-ring (bicyclic) bond motifs is 1. The number of rotatable bonds is 6. The zero-order valence-corrected chi connectivity index (χ0v) is 22.2. The smallest absolute Gasteiger partial charge is 0.490 e. The third kappa shape index (κ3) is 7.21. The lowest BCUT2D eigenvalue weighted by molar-refractivity contribution is -0.192. The van der Waals surface area contributed by atoms with Crippen molar-refractivity contribution in [2.45, 2.75) is 62.6 Å². The van der Waals surface area contributed by atoms with E-state index >= 15 is 0 Å². The van der Waals surface area contributed by atoms with Crippen LogP contribution >= 0.6 is 0 Å². The summed E-state index contributed by atoms with van der Waals surface area (Å²) < 4.78 is 44.0. The third-order valence-electron chi connectivity index (χ3n) is 7.42. The molecule has 4 aliphatic rings. The van der Waals surface area contributed by atoms with E-state index in [1.54, 1.807) is 18.2 Å². The number of benzene rings is 1. The maximum absolute atomic E-state index is 13.0. The Morgan fingerprint density at radius 2 is 1.71 bits per heavy atom. The fourth-order valence-electron chi connectivity index (χ4n) is 5.26. The molecule has 0 saturated carbocycles. The standard InChI is InChI=1S/C24H30N4O6.C2HF3O2/c1-27-12-17(34-15-6-8-25-9-7-15)10-14(27)13-33-16-2-3-18-19(11-16)24(32)28(23(18)31)20-4-5-21(29)26-22(20)30;3-2(4,5)1(6)7/h2-3,11,14-15,17,20,25H,4-10,12-13H2,1H3,(H,26,29,30);(H,6,7)/t14-,17+,20?;/m0./s1. The minimum absolute atomic E-state index is 0.0927. The first kappa shape index (κ1) is 30.4. The number of amides is 4. The summed E-state index contributed by atoms with van der Waals surface area (Å²) in [5.41, 5.74) is 0.467. The number of aliphatic carboxylic acids is 1. The molecule has 0 aromatic heterocycles. The summed E-state index contributed by atoms with van der Waals surface area (Å²) in [6, 6.07) is 4.03. The Balaban J connectivity index is 0.000000493. The molecule has 4 aliphatic heterocycles. The van der Waals surface area contributed by atoms with Gasteiger partial charge in [-0.25, -0.2) is 4.79 Å². The minimum Gasteiger partial charge on any atom is -0.492 e. The molecule has 4 heterocycles. The topological polar surface area (TPSA) is 155 Å². The molecule has 0 radical (unpaired) electrons. The molecule has 15 heteroatoms. The molecule has 4 amide bonds. The van der Waals surface area contributed by atoms with Gasteiger partial charge in [-0.3, -0.25) is 34.3 Å². The number of carbonyl (C=O) groups excluding carboxylic acids is 4. The summed E-state index contributed by atoms with van der Waals surface area (Å²) in [6.07, 6.45) is -1.40. The lowest BCUT2D eigenvalue weighted by Gasteiger charge is -2.27. The average Bonchev–Trinajstić information content (AvgIpc) is 3.38. The Bertz CT molecular complexity index is 1200. The number of halogens is 3. The predicted molar refractivity (Wildman–Crippen MR) is 134 cm³/mol. The second-order valence-corrected chi connectivity index (χ2v) is 10.3. The van der Waals surface area contributed by atoms with E-state index in [9.17, 15) is 32.3 Å². The Kier molecular flexibility index (Phi) is 9.29. The second kappa shape index (κ2) is 12.5. The predicted octanol–water partition coefficient (Wildman–Crippen LogP) is 0.941. The molecule has 3 saturated heterocycles. The van der Waals surface area contributed by atoms with Crippen LogP contribution < -0.4 is 15.4 Å². The molecule has 224 valence electrons. The van der Waals surface area contributed by atoms with Gasteiger partial charge < -0.3 is 19.9 Å². The van der Waals surface area contributed by atoms with Crippen LogP contribution in [0.3, 0.4) is 0 Å². The van der Waals surface area contributed by atoms with E-state index in [1.165, 1.54) is 0 Å². The summed E-state index contributed by atoms with van der Waals surface area (Å²) in [7, 11) is 2.06. The van der Waals surface area contributed by atoms with Gasteiger partial charge in [0.2, 0.25) is 11.8 Å². The quantitative estimate of drug-likeness (QED) is 0.412. The van der Waals surface area contributed by atoms with Crippen molar-refractivity contribution in [1.29, 1.82) is 0 Å². The maximum atomic E-state index is 13.0. The van der Waals surface area contributed by atoms with E-state index < -0.39 is 41.8 Å². The highest BCUT2D eigenvalue weighted by Gasteiger charge is 2.45. The van der Waals surface area contributed by atoms with Gasteiger partial charge in [0.25, 0.3) is 11.8 Å². The first-order valence-corrected chi connectivity index (χ1v) is 13.2. The highest BCUT2D eigenvalue weighted by Crippen LogP contribution is 2.31. The van der Waals surface area contributed by atoms with Crippen LogP contribution in [0.2, 0.25) is 0 Å². The molecular formula is C26H31F3N4O8. The number of hydrogen-bond acceptors (Lipinski definition) is 9. The molecule has 5 rings (SSSR count). The van der Waals surface area contributed by atoms with Crippen molar-refractivity contribution in [3.05, 3.63) is 29.3 Å². The number of nitrogens with one attached hydrogen (secondary N) is 2. The number of piperidine rings is 2. The maximum Gasteiger partial charge on any atom is 0.490 e. The van der Waals surface area contributed by atoms with Crippen LogP contribution in [0.4, 0.5) is 13.2 Å². The number of carboxylic acids is 1. The molecule has 0 aliphatic carbocycles. The van der Waals surface area contributed by atoms with E-state index in [0.29, 0.717) is 18.5 Å². The van der Waals surface area contributed by atoms with Crippen molar-refractivity contribution in [1.82, 2.24) is 20.4 Å². The number of likely N-dealkylation sites (tertiary alicyclic amines) is 1. The number of alkyl halides is 3. The first-order chi connectivity index (χ1) is 19.3. The van der Waals surface area contributed by atoms with Crippen LogP contribution in [-0.2, 0) is 19.1 Å². The number of likely N-dealkylation sites (N-methyl/N-ethyl adjacent to an activating group) is 1. The number of ether oxygens (including phenoxy) is 2. The van der Waals surface area contributed by atoms with E-state index in [0.717, 1.165) is 43.8 Å². The summed E-state index contributed by atoms with van der Waals surface area (Å²) in [4.78, 5) is 61.6. The molecule has 0 bridgehead atoms. The molecule has 0 spiro atoms. The van der Waals surface area contributed by atoms with Gasteiger partial charge in [0.05, 0.1) is 23.3 Å². The van der Waals surface area contributed by atoms with Crippen LogP contribution in [0.15, 0.2) is 18.2 Å². The van der Waals surface area contributed by atoms with Crippen molar-refractivity contribution in [3.8, 4) is 5.75 Å². The third-order valence-corrected chi connectivity index (χ3v) is 7.42. The van der Waals surface area contributed by atoms with E-state index in [-0.39, 0.29) is 36.1 Å². The Morgan fingerprint density at radius 3 is 2.34 bits per heavy atom. The molecule has 1 aromatic carbocycles. The molecule has 3 fully saturated rings. The lowest BCUT2D eigenvalue weighted by Crippen LogP contribution is -2.54. The zero-order chi connectivity index (χ0) is 29.9. The van der Waals surface area contributed by atoms with Gasteiger partial charge in [-0.05, 0) is 64.0 Å². The molecule has 1 unspecified atom stereocenters. The summed E-state index contributed by atoms with van der Waals surface area (Å²) >= 11 is 0. The fourth-order valence-corrected chi connectivity index (χ4v) is 5.26. The van der Waals surface area contributed by atoms with Gasteiger partial charge in [-0.1, -0.05) is 0 Å². The number of carboxylic acid groups (broad SMARTS) is 1. The largest absolute Gasteiger partial charge is 0.492 e. The fraction of sp³-hybridized carbons (Fsp3) is 0.577. The van der Waals surface area contributed by atoms with Crippen LogP contribution in [0, 0.1) is 0 Å². The average molecular weight is 585 g/mol. The van der Waals surface area contributed by atoms with Crippen LogP contribution in [0.5, 0.6) is 5.75 Å². The summed E-state index contributed by atoms with van der Waals surface area (Å²) in [5, 5.41) is 12.7. The van der Waals surface area contributed by atoms with Crippen molar-refractivity contribution < 1.29 is 51.7 Å². The number of carbonyl (C=O) groups is 5. The summed E-state index contributed by atoms with van der Waals surface area (Å²) in [5.74, 6) is -4.32. The molecule has 3 N–H and O–H groups in total. The molecule has 12 nitrogen and oxygen atoms in total. The van der Waals surface area contributed by atoms with Crippen LogP contribution in [-0.4, -0.2) is 108 Å². The molecule has 3 atom stereocenters. The molecule has 1 aromatic rings. The van der Waals surface area contributed by atoms with Crippen molar-refractivity contribution >= 4 is 29.6 Å². The van der Waals surface area contributed by atoms with Crippen molar-refractivity contribution in [2.75, 3.05) is 33.3 Å². The lowest BCUT2D eigenvalue weighted by atomic mass is 10.0. The minimum atomic E-state index is -5.08. The summed E-state index contributed by atoms with van der Waals surface area (Å²) in [6.45, 7) is 3.30. The Hall–Kier alpha value is -3.56. The van der Waals surface area contributed by atoms with E-state index in [1.807, 2.05) is 0 Å². The second-order valence-electron chi connectivity index (χ2n) is 10.3. The normalized spacial score (nSPS) is 25.5.